The number of hydrogen-bond acceptors (Lipinski definition) is 9. The molecule has 1 aromatic carbocycles. The summed E-state index contributed by atoms with van der Waals surface area (Å²) in [7, 11) is 1.44. The Hall–Kier alpha value is -4.57. The maximum atomic E-state index is 14.0. The van der Waals surface area contributed by atoms with Crippen LogP contribution in [-0.4, -0.2) is 132 Å². The molecule has 7 amide bonds. The molecule has 3 aliphatic rings. The Kier molecular flexibility index (Phi) is 15.6. The maximum absolute atomic E-state index is 14.0. The molecular weight excluding hydrogens is 686 g/mol. The van der Waals surface area contributed by atoms with E-state index in [2.05, 4.69) is 26.6 Å². The summed E-state index contributed by atoms with van der Waals surface area (Å²) in [5.74, 6) is -3.81. The van der Waals surface area contributed by atoms with E-state index in [9.17, 15) is 38.7 Å². The number of hydrogen-bond donors (Lipinski definition) is 6. The van der Waals surface area contributed by atoms with Gasteiger partial charge in [-0.25, -0.2) is 0 Å². The normalized spacial score (nSPS) is 26.5. The molecule has 1 aromatic rings. The molecule has 16 nitrogen and oxygen atoms in total. The monoisotopic (exact) mass is 741 g/mol. The van der Waals surface area contributed by atoms with Gasteiger partial charge in [0.1, 0.15) is 36.8 Å². The van der Waals surface area contributed by atoms with Crippen LogP contribution in [-0.2, 0) is 44.7 Å². The summed E-state index contributed by atoms with van der Waals surface area (Å²) in [5, 5.41) is 24.4. The van der Waals surface area contributed by atoms with Crippen molar-refractivity contribution in [2.24, 2.45) is 5.92 Å². The molecule has 292 valence electrons. The van der Waals surface area contributed by atoms with Crippen molar-refractivity contribution >= 4 is 41.4 Å². The number of rotatable bonds is 8. The topological polar surface area (TPSA) is 216 Å². The van der Waals surface area contributed by atoms with Crippen LogP contribution in [0.15, 0.2) is 30.3 Å². The van der Waals surface area contributed by atoms with E-state index in [1.54, 1.807) is 11.8 Å². The van der Waals surface area contributed by atoms with E-state index in [4.69, 9.17) is 4.74 Å². The summed E-state index contributed by atoms with van der Waals surface area (Å²) in [6.07, 6.45) is 1.89. The van der Waals surface area contributed by atoms with Gasteiger partial charge in [0.05, 0.1) is 6.10 Å². The van der Waals surface area contributed by atoms with Crippen molar-refractivity contribution in [2.45, 2.75) is 108 Å². The van der Waals surface area contributed by atoms with Crippen LogP contribution in [0.1, 0.15) is 70.8 Å². The fourth-order valence-electron chi connectivity index (χ4n) is 7.07. The minimum absolute atomic E-state index is 0.0415. The van der Waals surface area contributed by atoms with Crippen LogP contribution >= 0.6 is 0 Å². The van der Waals surface area contributed by atoms with Gasteiger partial charge in [-0.05, 0) is 63.9 Å². The highest BCUT2D eigenvalue weighted by Gasteiger charge is 2.39. The van der Waals surface area contributed by atoms with E-state index in [1.165, 1.54) is 18.9 Å². The maximum Gasteiger partial charge on any atom is 0.248 e. The van der Waals surface area contributed by atoms with Crippen molar-refractivity contribution in [3.8, 4) is 0 Å². The first kappa shape index (κ1) is 41.2. The molecule has 53 heavy (non-hydrogen) atoms. The van der Waals surface area contributed by atoms with Gasteiger partial charge in [0.2, 0.25) is 41.4 Å². The summed E-state index contributed by atoms with van der Waals surface area (Å²) in [6.45, 7) is 4.32. The van der Waals surface area contributed by atoms with Gasteiger partial charge in [-0.15, -0.1) is 0 Å². The second-order valence-corrected chi connectivity index (χ2v) is 14.1. The number of aliphatic hydroxyl groups is 1. The zero-order valence-electron chi connectivity index (χ0n) is 30.9. The first-order valence-electron chi connectivity index (χ1n) is 18.7. The third-order valence-corrected chi connectivity index (χ3v) is 10.2. The number of amides is 7. The molecule has 0 unspecified atom stereocenters. The van der Waals surface area contributed by atoms with E-state index in [0.29, 0.717) is 58.2 Å². The molecule has 3 aliphatic heterocycles. The van der Waals surface area contributed by atoms with Crippen LogP contribution in [0.4, 0.5) is 0 Å². The molecule has 3 fully saturated rings. The Labute approximate surface area is 310 Å². The smallest absolute Gasteiger partial charge is 0.248 e. The zero-order valence-corrected chi connectivity index (χ0v) is 30.9. The lowest BCUT2D eigenvalue weighted by atomic mass is 9.95. The first-order valence-corrected chi connectivity index (χ1v) is 18.7. The van der Waals surface area contributed by atoms with E-state index in [-0.39, 0.29) is 50.1 Å². The van der Waals surface area contributed by atoms with Gasteiger partial charge in [-0.1, -0.05) is 37.3 Å². The first-order chi connectivity index (χ1) is 25.4. The number of aliphatic hydroxyl groups excluding tert-OH is 1. The van der Waals surface area contributed by atoms with Gasteiger partial charge in [0.15, 0.2) is 0 Å². The Balaban J connectivity index is 1.54. The van der Waals surface area contributed by atoms with E-state index in [1.807, 2.05) is 30.3 Å². The molecule has 4 rings (SSSR count). The van der Waals surface area contributed by atoms with Crippen LogP contribution in [0.5, 0.6) is 0 Å². The van der Waals surface area contributed by atoms with Crippen LogP contribution in [0, 0.1) is 5.92 Å². The van der Waals surface area contributed by atoms with Crippen molar-refractivity contribution in [3.63, 3.8) is 0 Å². The fourth-order valence-corrected chi connectivity index (χ4v) is 7.07. The Morgan fingerprint density at radius 2 is 1.57 bits per heavy atom. The molecule has 3 heterocycles. The molecule has 3 saturated heterocycles. The summed E-state index contributed by atoms with van der Waals surface area (Å²) < 4.78 is 4.93. The number of carbonyl (C=O) groups excluding carboxylic acids is 7. The number of benzene rings is 1. The molecule has 0 bridgehead atoms. The molecular formula is C37H55N7O9. The zero-order chi connectivity index (χ0) is 38.5. The lowest BCUT2D eigenvalue weighted by molar-refractivity contribution is -0.142. The number of piperidine rings is 1. The standard InChI is InChI=1S/C37H55N7O9/c1-4-26-33(48)42-31(23(2)45)36(51)41-28(21-24-11-6-5-7-12-24)37(52)44-18-10-14-29(44)35(50)38-17-9-8-13-27(34(49)39-26)40-32(47)25-15-19-43(20-16-25)30(46)22-53-3/h5-7,11-12,23,25-29,31,45H,4,8-10,13-22H2,1-3H3,(H,38,50)(H,39,49)(H,40,47)(H,41,51)(H,42,48)/t23-,26+,27+,28-,29+,31+/m1/s1. The van der Waals surface area contributed by atoms with E-state index in [0.717, 1.165) is 5.56 Å². The summed E-state index contributed by atoms with van der Waals surface area (Å²) >= 11 is 0. The highest BCUT2D eigenvalue weighted by molar-refractivity contribution is 5.97. The molecule has 0 spiro atoms. The van der Waals surface area contributed by atoms with Crippen LogP contribution < -0.4 is 26.6 Å². The predicted molar refractivity (Wildman–Crippen MR) is 193 cm³/mol. The molecule has 0 radical (unpaired) electrons. The Morgan fingerprint density at radius 1 is 0.868 bits per heavy atom. The Morgan fingerprint density at radius 3 is 2.23 bits per heavy atom. The van der Waals surface area contributed by atoms with Crippen molar-refractivity contribution in [3.05, 3.63) is 35.9 Å². The van der Waals surface area contributed by atoms with Crippen molar-refractivity contribution in [1.29, 1.82) is 0 Å². The van der Waals surface area contributed by atoms with Gasteiger partial charge in [-0.2, -0.15) is 0 Å². The second kappa shape index (κ2) is 20.0. The van der Waals surface area contributed by atoms with Gasteiger partial charge in [-0.3, -0.25) is 33.6 Å². The van der Waals surface area contributed by atoms with Crippen molar-refractivity contribution in [1.82, 2.24) is 36.4 Å². The molecule has 0 aliphatic carbocycles. The van der Waals surface area contributed by atoms with Crippen molar-refractivity contribution < 1.29 is 43.4 Å². The minimum atomic E-state index is -1.48. The van der Waals surface area contributed by atoms with Gasteiger partial charge >= 0.3 is 0 Å². The number of likely N-dealkylation sites (tertiary alicyclic amines) is 1. The summed E-state index contributed by atoms with van der Waals surface area (Å²) in [6, 6.07) is 3.64. The van der Waals surface area contributed by atoms with Crippen molar-refractivity contribution in [2.75, 3.05) is 39.9 Å². The van der Waals surface area contributed by atoms with Gasteiger partial charge in [0.25, 0.3) is 0 Å². The SMILES string of the molecule is CC[C@@H]1NC(=O)[C@@H](NC(=O)C2CCN(C(=O)COC)CC2)CCCCNC(=O)[C@@H]2CCCN2C(=O)[C@@H](Cc2ccccc2)NC(=O)[C@H]([C@@H](C)O)NC1=O. The fraction of sp³-hybridized carbons (Fsp3) is 0.649. The average molecular weight is 742 g/mol. The lowest BCUT2D eigenvalue weighted by Crippen LogP contribution is -2.61. The third-order valence-electron chi connectivity index (χ3n) is 10.2. The van der Waals surface area contributed by atoms with Gasteiger partial charge < -0.3 is 46.2 Å². The number of carbonyl (C=O) groups is 7. The molecule has 6 atom stereocenters. The Bertz CT molecular complexity index is 1450. The number of nitrogens with one attached hydrogen (secondary N) is 5. The minimum Gasteiger partial charge on any atom is -0.391 e. The second-order valence-electron chi connectivity index (χ2n) is 14.1. The van der Waals surface area contributed by atoms with E-state index >= 15 is 0 Å². The van der Waals surface area contributed by atoms with Crippen LogP contribution in [0.3, 0.4) is 0 Å². The molecule has 16 heteroatoms. The quantitative estimate of drug-likeness (QED) is 0.195. The molecule has 0 aromatic heterocycles. The largest absolute Gasteiger partial charge is 0.391 e. The highest BCUT2D eigenvalue weighted by atomic mass is 16.5. The van der Waals surface area contributed by atoms with Crippen LogP contribution in [0.2, 0.25) is 0 Å². The van der Waals surface area contributed by atoms with Crippen LogP contribution in [0.25, 0.3) is 0 Å². The number of methoxy groups -OCH3 is 1. The number of nitrogens with zero attached hydrogens (tertiary/aromatic N) is 2. The number of ether oxygens (including phenoxy) is 1. The van der Waals surface area contributed by atoms with Gasteiger partial charge in [0, 0.05) is 45.6 Å². The lowest BCUT2D eigenvalue weighted by Gasteiger charge is -2.32. The predicted octanol–water partition coefficient (Wildman–Crippen LogP) is -0.865. The molecule has 0 saturated carbocycles. The number of fused-ring (bicyclic) bond motifs is 1. The summed E-state index contributed by atoms with van der Waals surface area (Å²) in [5.41, 5.74) is 0.764. The molecule has 6 N–H and O–H groups in total. The van der Waals surface area contributed by atoms with E-state index < -0.39 is 65.9 Å². The summed E-state index contributed by atoms with van der Waals surface area (Å²) in [4.78, 5) is 97.1. The average Bonchev–Trinajstić information content (AvgIpc) is 3.65. The highest BCUT2D eigenvalue weighted by Crippen LogP contribution is 2.21. The third kappa shape index (κ3) is 11.5.